The molecule has 1 unspecified atom stereocenters. The van der Waals surface area contributed by atoms with Gasteiger partial charge in [0.2, 0.25) is 0 Å². The normalized spacial score (nSPS) is 21.8. The molecule has 1 nitrogen and oxygen atoms in total. The minimum Gasteiger partial charge on any atom is -0.298 e. The van der Waals surface area contributed by atoms with Crippen molar-refractivity contribution in [3.05, 3.63) is 11.6 Å². The molecule has 1 rings (SSSR count). The van der Waals surface area contributed by atoms with Crippen molar-refractivity contribution in [3.63, 3.8) is 0 Å². The van der Waals surface area contributed by atoms with Crippen LogP contribution in [0.4, 0.5) is 0 Å². The van der Waals surface area contributed by atoms with Crippen LogP contribution < -0.4 is 0 Å². The number of hydrogen-bond donors (Lipinski definition) is 0. The summed E-state index contributed by atoms with van der Waals surface area (Å²) in [6.45, 7) is 2.24. The second kappa shape index (κ2) is 6.80. The Morgan fingerprint density at radius 2 is 2.29 bits per heavy atom. The average Bonchev–Trinajstić information content (AvgIpc) is 2.25. The number of hydrogen-bond acceptors (Lipinski definition) is 1. The highest BCUT2D eigenvalue weighted by molar-refractivity contribution is 5.73. The van der Waals surface area contributed by atoms with E-state index in [-0.39, 0.29) is 0 Å². The first-order valence-corrected chi connectivity index (χ1v) is 6.02. The van der Waals surface area contributed by atoms with Gasteiger partial charge in [-0.15, -0.1) is 0 Å². The maximum atomic E-state index is 10.6. The van der Waals surface area contributed by atoms with Crippen LogP contribution >= 0.6 is 0 Å². The van der Waals surface area contributed by atoms with E-state index in [9.17, 15) is 4.79 Å². The highest BCUT2D eigenvalue weighted by Crippen LogP contribution is 2.26. The van der Waals surface area contributed by atoms with Crippen molar-refractivity contribution in [3.8, 4) is 0 Å². The lowest BCUT2D eigenvalue weighted by atomic mass is 9.87. The molecule has 0 saturated heterocycles. The van der Waals surface area contributed by atoms with Crippen molar-refractivity contribution in [2.45, 2.75) is 58.3 Å². The summed E-state index contributed by atoms with van der Waals surface area (Å²) in [5, 5.41) is 0. The largest absolute Gasteiger partial charge is 0.298 e. The summed E-state index contributed by atoms with van der Waals surface area (Å²) < 4.78 is 0. The van der Waals surface area contributed by atoms with Gasteiger partial charge in [-0.3, -0.25) is 4.79 Å². The molecule has 0 spiro atoms. The third-order valence-electron chi connectivity index (χ3n) is 3.07. The molecule has 0 aromatic heterocycles. The Kier molecular flexibility index (Phi) is 5.58. The van der Waals surface area contributed by atoms with Crippen molar-refractivity contribution in [1.29, 1.82) is 0 Å². The molecule has 0 saturated carbocycles. The molecule has 0 aromatic rings. The van der Waals surface area contributed by atoms with E-state index in [1.54, 1.807) is 0 Å². The Morgan fingerprint density at radius 3 is 3.00 bits per heavy atom. The first-order valence-electron chi connectivity index (χ1n) is 6.02. The highest BCUT2D eigenvalue weighted by atomic mass is 16.1. The SMILES string of the molecule is CCCCCCC1C=C(C=O)CCC1. The van der Waals surface area contributed by atoms with Crippen molar-refractivity contribution < 1.29 is 4.79 Å². The van der Waals surface area contributed by atoms with Crippen molar-refractivity contribution in [2.75, 3.05) is 0 Å². The van der Waals surface area contributed by atoms with Crippen LogP contribution in [0.15, 0.2) is 11.6 Å². The second-order valence-corrected chi connectivity index (χ2v) is 4.36. The van der Waals surface area contributed by atoms with Crippen molar-refractivity contribution in [1.82, 2.24) is 0 Å². The minimum atomic E-state index is 0.695. The molecule has 1 heteroatoms. The number of unbranched alkanes of at least 4 members (excludes halogenated alkanes) is 3. The van der Waals surface area contributed by atoms with Gasteiger partial charge >= 0.3 is 0 Å². The first kappa shape index (κ1) is 11.5. The van der Waals surface area contributed by atoms with Gasteiger partial charge in [0.25, 0.3) is 0 Å². The van der Waals surface area contributed by atoms with Crippen LogP contribution in [0.3, 0.4) is 0 Å². The molecule has 0 amide bonds. The summed E-state index contributed by atoms with van der Waals surface area (Å²) in [6, 6.07) is 0. The molecular weight excluding hydrogens is 172 g/mol. The summed E-state index contributed by atoms with van der Waals surface area (Å²) in [5.74, 6) is 0.695. The monoisotopic (exact) mass is 194 g/mol. The van der Waals surface area contributed by atoms with E-state index >= 15 is 0 Å². The lowest BCUT2D eigenvalue weighted by molar-refractivity contribution is -0.105. The van der Waals surface area contributed by atoms with Crippen LogP contribution in [0.1, 0.15) is 58.3 Å². The average molecular weight is 194 g/mol. The fourth-order valence-electron chi connectivity index (χ4n) is 2.20. The number of carbonyl (C=O) groups excluding carboxylic acids is 1. The smallest absolute Gasteiger partial charge is 0.145 e. The predicted molar refractivity (Wildman–Crippen MR) is 60.2 cm³/mol. The summed E-state index contributed by atoms with van der Waals surface area (Å²) in [7, 11) is 0. The fraction of sp³-hybridized carbons (Fsp3) is 0.769. The molecular formula is C13H22O. The molecule has 1 aliphatic carbocycles. The van der Waals surface area contributed by atoms with Crippen LogP contribution in [0, 0.1) is 5.92 Å². The lowest BCUT2D eigenvalue weighted by Crippen LogP contribution is -2.05. The third kappa shape index (κ3) is 4.08. The zero-order valence-corrected chi connectivity index (χ0v) is 9.30. The number of allylic oxidation sites excluding steroid dienone is 2. The van der Waals surface area contributed by atoms with Crippen LogP contribution in [-0.2, 0) is 4.79 Å². The van der Waals surface area contributed by atoms with Crippen LogP contribution in [0.5, 0.6) is 0 Å². The highest BCUT2D eigenvalue weighted by Gasteiger charge is 2.12. The quantitative estimate of drug-likeness (QED) is 0.463. The molecule has 0 N–H and O–H groups in total. The molecule has 0 aliphatic heterocycles. The molecule has 0 fully saturated rings. The van der Waals surface area contributed by atoms with Gasteiger partial charge < -0.3 is 0 Å². The Bertz CT molecular complexity index is 193. The maximum Gasteiger partial charge on any atom is 0.145 e. The van der Waals surface area contributed by atoms with E-state index in [0.717, 1.165) is 18.3 Å². The molecule has 0 bridgehead atoms. The Labute approximate surface area is 87.6 Å². The summed E-state index contributed by atoms with van der Waals surface area (Å²) in [6.07, 6.45) is 13.4. The number of carbonyl (C=O) groups is 1. The summed E-state index contributed by atoms with van der Waals surface area (Å²) in [4.78, 5) is 10.6. The Balaban J connectivity index is 2.20. The molecule has 0 radical (unpaired) electrons. The summed E-state index contributed by atoms with van der Waals surface area (Å²) in [5.41, 5.74) is 1.04. The second-order valence-electron chi connectivity index (χ2n) is 4.36. The van der Waals surface area contributed by atoms with Gasteiger partial charge in [-0.25, -0.2) is 0 Å². The van der Waals surface area contributed by atoms with Gasteiger partial charge in [-0.2, -0.15) is 0 Å². The zero-order chi connectivity index (χ0) is 10.2. The van der Waals surface area contributed by atoms with E-state index in [4.69, 9.17) is 0 Å². The van der Waals surface area contributed by atoms with E-state index in [1.807, 2.05) is 0 Å². The maximum absolute atomic E-state index is 10.6. The Morgan fingerprint density at radius 1 is 1.43 bits per heavy atom. The van der Waals surface area contributed by atoms with E-state index in [0.29, 0.717) is 5.92 Å². The molecule has 14 heavy (non-hydrogen) atoms. The fourth-order valence-corrected chi connectivity index (χ4v) is 2.20. The molecule has 1 atom stereocenters. The lowest BCUT2D eigenvalue weighted by Gasteiger charge is -2.18. The molecule has 80 valence electrons. The number of aldehydes is 1. The van der Waals surface area contributed by atoms with E-state index in [2.05, 4.69) is 13.0 Å². The number of rotatable bonds is 6. The van der Waals surface area contributed by atoms with Crippen LogP contribution in [0.25, 0.3) is 0 Å². The molecule has 0 aromatic carbocycles. The topological polar surface area (TPSA) is 17.1 Å². The van der Waals surface area contributed by atoms with Crippen molar-refractivity contribution >= 4 is 6.29 Å². The van der Waals surface area contributed by atoms with Gasteiger partial charge in [0.1, 0.15) is 6.29 Å². The van der Waals surface area contributed by atoms with Gasteiger partial charge in [0.05, 0.1) is 0 Å². The molecule has 1 aliphatic rings. The predicted octanol–water partition coefficient (Wildman–Crippen LogP) is 3.88. The first-order chi connectivity index (χ1) is 6.86. The van der Waals surface area contributed by atoms with E-state index < -0.39 is 0 Å². The molecule has 0 heterocycles. The van der Waals surface area contributed by atoms with Crippen LogP contribution in [-0.4, -0.2) is 6.29 Å². The minimum absolute atomic E-state index is 0.695. The summed E-state index contributed by atoms with van der Waals surface area (Å²) >= 11 is 0. The standard InChI is InChI=1S/C13H22O/c1-2-3-4-5-7-12-8-6-9-13(10-12)11-14/h10-12H,2-9H2,1H3. The van der Waals surface area contributed by atoms with Gasteiger partial charge in [0, 0.05) is 0 Å². The van der Waals surface area contributed by atoms with Crippen molar-refractivity contribution in [2.24, 2.45) is 5.92 Å². The zero-order valence-electron chi connectivity index (χ0n) is 9.30. The Hall–Kier alpha value is -0.590. The van der Waals surface area contributed by atoms with Gasteiger partial charge in [-0.05, 0) is 37.2 Å². The third-order valence-corrected chi connectivity index (χ3v) is 3.07. The van der Waals surface area contributed by atoms with Gasteiger partial charge in [0.15, 0.2) is 0 Å². The van der Waals surface area contributed by atoms with Crippen LogP contribution in [0.2, 0.25) is 0 Å². The van der Waals surface area contributed by atoms with E-state index in [1.165, 1.54) is 44.9 Å². The van der Waals surface area contributed by atoms with Gasteiger partial charge in [-0.1, -0.05) is 38.7 Å².